The van der Waals surface area contributed by atoms with Gasteiger partial charge < -0.3 is 9.64 Å². The fourth-order valence-corrected chi connectivity index (χ4v) is 3.30. The van der Waals surface area contributed by atoms with E-state index in [-0.39, 0.29) is 5.91 Å². The van der Waals surface area contributed by atoms with Crippen LogP contribution in [0.25, 0.3) is 10.9 Å². The summed E-state index contributed by atoms with van der Waals surface area (Å²) in [5, 5.41) is 5.19. The van der Waals surface area contributed by atoms with Crippen molar-refractivity contribution in [2.75, 3.05) is 19.7 Å². The molecule has 0 aliphatic carbocycles. The second-order valence-electron chi connectivity index (χ2n) is 6.62. The quantitative estimate of drug-likeness (QED) is 0.721. The summed E-state index contributed by atoms with van der Waals surface area (Å²) in [4.78, 5) is 19.2. The number of aryl methyl sites for hydroxylation is 1. The van der Waals surface area contributed by atoms with E-state index >= 15 is 0 Å². The maximum atomic E-state index is 13.0. The van der Waals surface area contributed by atoms with Crippen molar-refractivity contribution < 1.29 is 9.53 Å². The summed E-state index contributed by atoms with van der Waals surface area (Å²) in [5.41, 5.74) is 2.01. The Morgan fingerprint density at radius 2 is 2.20 bits per heavy atom. The molecular weight excluding hydrogens is 316 g/mol. The van der Waals surface area contributed by atoms with Crippen LogP contribution in [-0.4, -0.2) is 45.3 Å². The molecule has 0 bridgehead atoms. The van der Waals surface area contributed by atoms with Crippen molar-refractivity contribution in [3.8, 4) is 0 Å². The van der Waals surface area contributed by atoms with Gasteiger partial charge in [0.2, 0.25) is 0 Å². The number of hydrogen-bond acceptors (Lipinski definition) is 4. The number of morpholine rings is 1. The molecule has 0 saturated carbocycles. The van der Waals surface area contributed by atoms with E-state index in [4.69, 9.17) is 4.74 Å². The fraction of sp³-hybridized carbons (Fsp3) is 0.316. The van der Waals surface area contributed by atoms with Gasteiger partial charge in [-0.1, -0.05) is 6.07 Å². The van der Waals surface area contributed by atoms with Gasteiger partial charge in [0.25, 0.3) is 5.91 Å². The van der Waals surface area contributed by atoms with Gasteiger partial charge in [-0.25, -0.2) is 0 Å². The van der Waals surface area contributed by atoms with Gasteiger partial charge in [0.05, 0.1) is 24.9 Å². The molecule has 1 aromatic carbocycles. The van der Waals surface area contributed by atoms with E-state index in [0.717, 1.165) is 16.5 Å². The predicted octanol–water partition coefficient (Wildman–Crippen LogP) is 2.36. The lowest BCUT2D eigenvalue weighted by Gasteiger charge is -2.40. The Hall–Kier alpha value is -2.73. The molecule has 1 aliphatic rings. The summed E-state index contributed by atoms with van der Waals surface area (Å²) < 4.78 is 7.75. The second-order valence-corrected chi connectivity index (χ2v) is 6.62. The van der Waals surface area contributed by atoms with Crippen LogP contribution in [-0.2, 0) is 17.4 Å². The van der Waals surface area contributed by atoms with E-state index in [1.807, 2.05) is 55.4 Å². The van der Waals surface area contributed by atoms with Crippen molar-refractivity contribution in [2.45, 2.75) is 12.5 Å². The number of amides is 1. The largest absolute Gasteiger partial charge is 0.367 e. The van der Waals surface area contributed by atoms with E-state index in [1.54, 1.807) is 17.1 Å². The smallest absolute Gasteiger partial charge is 0.254 e. The molecule has 0 radical (unpaired) electrons. The highest BCUT2D eigenvalue weighted by atomic mass is 16.5. The Morgan fingerprint density at radius 1 is 1.32 bits per heavy atom. The molecule has 1 atom stereocenters. The van der Waals surface area contributed by atoms with Gasteiger partial charge in [-0.2, -0.15) is 5.10 Å². The highest BCUT2D eigenvalue weighted by Gasteiger charge is 2.37. The number of benzene rings is 1. The van der Waals surface area contributed by atoms with E-state index in [0.29, 0.717) is 25.3 Å². The van der Waals surface area contributed by atoms with Crippen molar-refractivity contribution >= 4 is 16.8 Å². The van der Waals surface area contributed by atoms with Crippen LogP contribution < -0.4 is 0 Å². The lowest BCUT2D eigenvalue weighted by atomic mass is 9.96. The second kappa shape index (κ2) is 5.97. The number of carbonyl (C=O) groups is 1. The lowest BCUT2D eigenvalue weighted by Crippen LogP contribution is -2.50. The first-order valence-corrected chi connectivity index (χ1v) is 8.32. The minimum absolute atomic E-state index is 0.0177. The van der Waals surface area contributed by atoms with Crippen molar-refractivity contribution in [1.82, 2.24) is 19.7 Å². The number of rotatable bonds is 2. The molecular formula is C19H20N4O2. The number of fused-ring (bicyclic) bond motifs is 1. The van der Waals surface area contributed by atoms with Gasteiger partial charge in [-0.15, -0.1) is 0 Å². The van der Waals surface area contributed by atoms with Gasteiger partial charge in [0.15, 0.2) is 0 Å². The highest BCUT2D eigenvalue weighted by Crippen LogP contribution is 2.30. The molecule has 3 aromatic rings. The third kappa shape index (κ3) is 2.89. The monoisotopic (exact) mass is 336 g/mol. The molecule has 1 saturated heterocycles. The van der Waals surface area contributed by atoms with Gasteiger partial charge >= 0.3 is 0 Å². The molecule has 6 heteroatoms. The van der Waals surface area contributed by atoms with E-state index in [1.165, 1.54) is 0 Å². The van der Waals surface area contributed by atoms with Crippen LogP contribution in [0.4, 0.5) is 0 Å². The first-order chi connectivity index (χ1) is 12.0. The van der Waals surface area contributed by atoms with Crippen LogP contribution in [0, 0.1) is 0 Å². The Bertz CT molecular complexity index is 936. The Balaban J connectivity index is 1.60. The van der Waals surface area contributed by atoms with Crippen LogP contribution >= 0.6 is 0 Å². The highest BCUT2D eigenvalue weighted by molar-refractivity contribution is 5.98. The molecule has 3 heterocycles. The molecule has 25 heavy (non-hydrogen) atoms. The predicted molar refractivity (Wildman–Crippen MR) is 94.2 cm³/mol. The first-order valence-electron chi connectivity index (χ1n) is 8.32. The van der Waals surface area contributed by atoms with Gasteiger partial charge in [-0.05, 0) is 31.2 Å². The number of aromatic nitrogens is 3. The van der Waals surface area contributed by atoms with E-state index < -0.39 is 5.60 Å². The number of pyridine rings is 1. The summed E-state index contributed by atoms with van der Waals surface area (Å²) in [6.45, 7) is 3.60. The third-order valence-corrected chi connectivity index (χ3v) is 4.73. The molecule has 4 rings (SSSR count). The summed E-state index contributed by atoms with van der Waals surface area (Å²) in [6, 6.07) is 9.49. The van der Waals surface area contributed by atoms with Crippen molar-refractivity contribution in [2.24, 2.45) is 7.05 Å². The Labute approximate surface area is 146 Å². The van der Waals surface area contributed by atoms with Crippen LogP contribution in [0.1, 0.15) is 22.8 Å². The standard InChI is InChI=1S/C19H20N4O2/c1-19(16-11-21-22(2)12-16)13-23(8-9-25-19)18(24)15-5-6-17-14(10-15)4-3-7-20-17/h3-7,10-12H,8-9,13H2,1-2H3. The van der Waals surface area contributed by atoms with Crippen LogP contribution in [0.2, 0.25) is 0 Å². The topological polar surface area (TPSA) is 60.2 Å². The Kier molecular flexibility index (Phi) is 3.77. The molecule has 0 N–H and O–H groups in total. The van der Waals surface area contributed by atoms with Crippen LogP contribution in [0.5, 0.6) is 0 Å². The van der Waals surface area contributed by atoms with Gasteiger partial charge in [0.1, 0.15) is 5.60 Å². The summed E-state index contributed by atoms with van der Waals surface area (Å²) in [7, 11) is 1.88. The number of carbonyl (C=O) groups excluding carboxylic acids is 1. The van der Waals surface area contributed by atoms with E-state index in [9.17, 15) is 4.79 Å². The summed E-state index contributed by atoms with van der Waals surface area (Å²) in [6.07, 6.45) is 5.50. The maximum absolute atomic E-state index is 13.0. The molecule has 2 aromatic heterocycles. The summed E-state index contributed by atoms with van der Waals surface area (Å²) >= 11 is 0. The minimum atomic E-state index is -0.541. The van der Waals surface area contributed by atoms with Crippen LogP contribution in [0.15, 0.2) is 48.9 Å². The average molecular weight is 336 g/mol. The number of ether oxygens (including phenoxy) is 1. The maximum Gasteiger partial charge on any atom is 0.254 e. The molecule has 1 amide bonds. The molecule has 6 nitrogen and oxygen atoms in total. The molecule has 1 unspecified atom stereocenters. The zero-order valence-electron chi connectivity index (χ0n) is 14.3. The fourth-order valence-electron chi connectivity index (χ4n) is 3.30. The lowest BCUT2D eigenvalue weighted by molar-refractivity contribution is -0.0931. The van der Waals surface area contributed by atoms with Crippen LogP contribution in [0.3, 0.4) is 0 Å². The normalized spacial score (nSPS) is 20.8. The van der Waals surface area contributed by atoms with Crippen molar-refractivity contribution in [3.63, 3.8) is 0 Å². The zero-order valence-corrected chi connectivity index (χ0v) is 14.3. The van der Waals surface area contributed by atoms with Gasteiger partial charge in [0, 0.05) is 42.5 Å². The number of hydrogen-bond donors (Lipinski definition) is 0. The minimum Gasteiger partial charge on any atom is -0.367 e. The Morgan fingerprint density at radius 3 is 3.00 bits per heavy atom. The average Bonchev–Trinajstić information content (AvgIpc) is 3.08. The van der Waals surface area contributed by atoms with Gasteiger partial charge in [-0.3, -0.25) is 14.5 Å². The van der Waals surface area contributed by atoms with Crippen molar-refractivity contribution in [1.29, 1.82) is 0 Å². The first kappa shape index (κ1) is 15.8. The molecule has 1 aliphatic heterocycles. The van der Waals surface area contributed by atoms with E-state index in [2.05, 4.69) is 10.1 Å². The SMILES string of the molecule is Cn1cc(C2(C)CN(C(=O)c3ccc4ncccc4c3)CCO2)cn1. The van der Waals surface area contributed by atoms with Crippen molar-refractivity contribution in [3.05, 3.63) is 60.0 Å². The summed E-state index contributed by atoms with van der Waals surface area (Å²) in [5.74, 6) is 0.0177. The number of nitrogens with zero attached hydrogens (tertiary/aromatic N) is 4. The third-order valence-electron chi connectivity index (χ3n) is 4.73. The molecule has 128 valence electrons. The molecule has 0 spiro atoms. The molecule has 1 fully saturated rings. The zero-order chi connectivity index (χ0) is 17.4.